The smallest absolute Gasteiger partial charge is 0.178 e. The predicted molar refractivity (Wildman–Crippen MR) is 94.6 cm³/mol. The molecule has 6 rings (SSSR count). The topological polar surface area (TPSA) is 151 Å². The van der Waals surface area contributed by atoms with Gasteiger partial charge in [0.05, 0.1) is 24.2 Å². The minimum atomic E-state index is -2.14. The second kappa shape index (κ2) is 4.62. The monoisotopic (exact) mass is 400 g/mol. The number of aliphatic hydroxyl groups is 7. The Morgan fingerprint density at radius 2 is 1.68 bits per heavy atom. The zero-order valence-electron chi connectivity index (χ0n) is 16.8. The number of hydrogen-bond acceptors (Lipinski definition) is 8. The molecule has 0 amide bonds. The van der Waals surface area contributed by atoms with Gasteiger partial charge in [-0.3, -0.25) is 0 Å². The Kier molecular flexibility index (Phi) is 3.24. The zero-order valence-corrected chi connectivity index (χ0v) is 16.8. The zero-order chi connectivity index (χ0) is 20.9. The first-order valence-electron chi connectivity index (χ1n) is 10.3. The summed E-state index contributed by atoms with van der Waals surface area (Å²) in [4.78, 5) is 0. The van der Waals surface area contributed by atoms with Gasteiger partial charge >= 0.3 is 0 Å². The minimum Gasteiger partial charge on any atom is -0.396 e. The van der Waals surface area contributed by atoms with Crippen molar-refractivity contribution in [1.82, 2.24) is 0 Å². The molecule has 6 fully saturated rings. The molecule has 2 saturated heterocycles. The fourth-order valence-corrected chi connectivity index (χ4v) is 8.84. The van der Waals surface area contributed by atoms with Crippen LogP contribution in [-0.2, 0) is 4.74 Å². The average molecular weight is 400 g/mol. The molecule has 0 aromatic heterocycles. The van der Waals surface area contributed by atoms with E-state index in [2.05, 4.69) is 0 Å². The van der Waals surface area contributed by atoms with Gasteiger partial charge in [-0.25, -0.2) is 0 Å². The highest BCUT2D eigenvalue weighted by atomic mass is 16.7. The van der Waals surface area contributed by atoms with Gasteiger partial charge < -0.3 is 40.5 Å². The molecule has 28 heavy (non-hydrogen) atoms. The first-order valence-corrected chi connectivity index (χ1v) is 10.3. The molecule has 1 spiro atoms. The normalized spacial score (nSPS) is 69.4. The highest BCUT2D eigenvalue weighted by Crippen LogP contribution is 2.89. The lowest BCUT2D eigenvalue weighted by Crippen LogP contribution is -2.75. The van der Waals surface area contributed by atoms with Crippen molar-refractivity contribution in [3.63, 3.8) is 0 Å². The van der Waals surface area contributed by atoms with Crippen LogP contribution in [0.5, 0.6) is 0 Å². The van der Waals surface area contributed by atoms with Crippen LogP contribution in [0.1, 0.15) is 47.0 Å². The van der Waals surface area contributed by atoms with Gasteiger partial charge in [0.2, 0.25) is 0 Å². The third-order valence-electron chi connectivity index (χ3n) is 10.1. The second-order valence-electron chi connectivity index (χ2n) is 10.7. The molecule has 2 aliphatic heterocycles. The molecule has 11 unspecified atom stereocenters. The molecule has 160 valence electrons. The van der Waals surface area contributed by atoms with Gasteiger partial charge in [0, 0.05) is 17.8 Å². The molecule has 6 bridgehead atoms. The van der Waals surface area contributed by atoms with Crippen molar-refractivity contribution in [2.24, 2.45) is 28.6 Å². The van der Waals surface area contributed by atoms with Crippen molar-refractivity contribution in [1.29, 1.82) is 0 Å². The van der Waals surface area contributed by atoms with E-state index >= 15 is 0 Å². The number of ether oxygens (including phenoxy) is 1. The summed E-state index contributed by atoms with van der Waals surface area (Å²) >= 11 is 0. The highest BCUT2D eigenvalue weighted by molar-refractivity contribution is 5.51. The van der Waals surface area contributed by atoms with Crippen LogP contribution in [-0.4, -0.2) is 82.8 Å². The van der Waals surface area contributed by atoms with E-state index in [1.165, 1.54) is 6.92 Å². The molecule has 0 aromatic rings. The van der Waals surface area contributed by atoms with Gasteiger partial charge in [-0.05, 0) is 31.6 Å². The van der Waals surface area contributed by atoms with Gasteiger partial charge in [0.15, 0.2) is 11.4 Å². The van der Waals surface area contributed by atoms with Gasteiger partial charge in [-0.2, -0.15) is 0 Å². The van der Waals surface area contributed by atoms with E-state index in [4.69, 9.17) is 4.74 Å². The summed E-state index contributed by atoms with van der Waals surface area (Å²) in [7, 11) is 0. The molecule has 8 heteroatoms. The maximum absolute atomic E-state index is 12.3. The minimum absolute atomic E-state index is 0.142. The van der Waals surface area contributed by atoms with Crippen LogP contribution in [0.25, 0.3) is 0 Å². The van der Waals surface area contributed by atoms with E-state index in [0.29, 0.717) is 6.42 Å². The van der Waals surface area contributed by atoms with Crippen molar-refractivity contribution in [2.45, 2.75) is 87.4 Å². The predicted octanol–water partition coefficient (Wildman–Crippen LogP) is -1.52. The molecule has 0 radical (unpaired) electrons. The van der Waals surface area contributed by atoms with Crippen molar-refractivity contribution >= 4 is 0 Å². The summed E-state index contributed by atoms with van der Waals surface area (Å²) in [6.45, 7) is 6.00. The van der Waals surface area contributed by atoms with Crippen LogP contribution in [0, 0.1) is 28.6 Å². The van der Waals surface area contributed by atoms with Crippen LogP contribution in [0.4, 0.5) is 0 Å². The number of aliphatic hydroxyl groups excluding tert-OH is 3. The van der Waals surface area contributed by atoms with Crippen LogP contribution in [0.3, 0.4) is 0 Å². The van der Waals surface area contributed by atoms with Crippen molar-refractivity contribution in [3.05, 3.63) is 0 Å². The van der Waals surface area contributed by atoms with Crippen molar-refractivity contribution in [3.8, 4) is 0 Å². The first-order chi connectivity index (χ1) is 12.7. The van der Waals surface area contributed by atoms with E-state index in [-0.39, 0.29) is 18.8 Å². The van der Waals surface area contributed by atoms with Gasteiger partial charge in [0.1, 0.15) is 16.8 Å². The molecule has 4 aliphatic carbocycles. The summed E-state index contributed by atoms with van der Waals surface area (Å²) in [6, 6.07) is 0. The molecule has 7 N–H and O–H groups in total. The van der Waals surface area contributed by atoms with E-state index in [0.717, 1.165) is 0 Å². The van der Waals surface area contributed by atoms with E-state index in [1.54, 1.807) is 20.8 Å². The largest absolute Gasteiger partial charge is 0.396 e. The Bertz CT molecular complexity index is 760. The SMILES string of the molecule is CC1CCC2(O)C3(CO)CC4(O)OC2(C1O)C1(O)C3C(O)C(O)(C(C)C)C41C. The maximum Gasteiger partial charge on any atom is 0.178 e. The Morgan fingerprint density at radius 3 is 2.21 bits per heavy atom. The molecule has 2 heterocycles. The van der Waals surface area contributed by atoms with Crippen molar-refractivity contribution < 1.29 is 40.5 Å². The lowest BCUT2D eigenvalue weighted by molar-refractivity contribution is -0.390. The van der Waals surface area contributed by atoms with Gasteiger partial charge in [-0.1, -0.05) is 20.8 Å². The second-order valence-corrected chi connectivity index (χ2v) is 10.7. The molecular weight excluding hydrogens is 368 g/mol. The standard InChI is InChI=1S/C20H32O8/c1-9(2)18(26)13(23)11-15(8-21)7-17(25)14(18,4)19(11,27)20(28-17)12(22)10(3)5-6-16(15,20)24/h9-13,21-27H,5-8H2,1-4H3. The molecule has 6 aliphatic rings. The van der Waals surface area contributed by atoms with Gasteiger partial charge in [-0.15, -0.1) is 0 Å². The number of hydrogen-bond donors (Lipinski definition) is 7. The van der Waals surface area contributed by atoms with Crippen LogP contribution < -0.4 is 0 Å². The summed E-state index contributed by atoms with van der Waals surface area (Å²) in [5.74, 6) is -4.24. The van der Waals surface area contributed by atoms with E-state index in [9.17, 15) is 35.7 Å². The number of rotatable bonds is 2. The van der Waals surface area contributed by atoms with E-state index < -0.39 is 69.7 Å². The molecule has 11 atom stereocenters. The summed E-state index contributed by atoms with van der Waals surface area (Å²) in [5.41, 5.74) is -11.3. The first kappa shape index (κ1) is 19.6. The fraction of sp³-hybridized carbons (Fsp3) is 1.00. The molecule has 8 nitrogen and oxygen atoms in total. The van der Waals surface area contributed by atoms with Crippen molar-refractivity contribution in [2.75, 3.05) is 6.61 Å². The highest BCUT2D eigenvalue weighted by Gasteiger charge is 3.05. The molecule has 0 aromatic carbocycles. The molecule has 4 saturated carbocycles. The Morgan fingerprint density at radius 1 is 1.07 bits per heavy atom. The third kappa shape index (κ3) is 1.23. The summed E-state index contributed by atoms with van der Waals surface area (Å²) < 4.78 is 6.10. The molecular formula is C20H32O8. The lowest BCUT2D eigenvalue weighted by Gasteiger charge is -2.60. The van der Waals surface area contributed by atoms with Gasteiger partial charge in [0.25, 0.3) is 0 Å². The Labute approximate surface area is 163 Å². The maximum atomic E-state index is 12.3. The Hall–Kier alpha value is -0.320. The average Bonchev–Trinajstić information content (AvgIpc) is 2.88. The fourth-order valence-electron chi connectivity index (χ4n) is 8.84. The van der Waals surface area contributed by atoms with Crippen LogP contribution in [0.2, 0.25) is 0 Å². The lowest BCUT2D eigenvalue weighted by atomic mass is 9.54. The third-order valence-corrected chi connectivity index (χ3v) is 10.1. The van der Waals surface area contributed by atoms with Crippen LogP contribution in [0.15, 0.2) is 0 Å². The quantitative estimate of drug-likeness (QED) is 0.295. The summed E-state index contributed by atoms with van der Waals surface area (Å²) in [5, 5.41) is 80.9. The Balaban J connectivity index is 1.93. The van der Waals surface area contributed by atoms with Crippen LogP contribution >= 0.6 is 0 Å². The van der Waals surface area contributed by atoms with E-state index in [1.807, 2.05) is 0 Å². The summed E-state index contributed by atoms with van der Waals surface area (Å²) in [6.07, 6.45) is -2.54.